The zero-order valence-electron chi connectivity index (χ0n) is 11.6. The van der Waals surface area contributed by atoms with Gasteiger partial charge in [-0.15, -0.1) is 0 Å². The van der Waals surface area contributed by atoms with Crippen LogP contribution in [0.15, 0.2) is 36.2 Å². The maximum absolute atomic E-state index is 5.38. The topological polar surface area (TPSA) is 24.5 Å². The largest absolute Gasteiger partial charge is 0.379 e. The Hall–Kier alpha value is -1.06. The lowest BCUT2D eigenvalue weighted by molar-refractivity contribution is 0.0318. The molecule has 3 heteroatoms. The second-order valence-corrected chi connectivity index (χ2v) is 5.79. The Morgan fingerprint density at radius 1 is 1.16 bits per heavy atom. The fourth-order valence-electron chi connectivity index (χ4n) is 3.14. The third-order valence-electron chi connectivity index (χ3n) is 4.48. The van der Waals surface area contributed by atoms with E-state index in [9.17, 15) is 0 Å². The summed E-state index contributed by atoms with van der Waals surface area (Å²) in [7, 11) is 0. The van der Waals surface area contributed by atoms with Gasteiger partial charge in [0.1, 0.15) is 0 Å². The first-order chi connectivity index (χ1) is 9.42. The molecule has 0 unspecified atom stereocenters. The Kier molecular flexibility index (Phi) is 4.36. The van der Waals surface area contributed by atoms with Gasteiger partial charge in [-0.2, -0.15) is 0 Å². The number of rotatable bonds is 4. The molecule has 104 valence electrons. The molecule has 3 aliphatic rings. The molecule has 2 heterocycles. The lowest BCUT2D eigenvalue weighted by Crippen LogP contribution is -2.39. The van der Waals surface area contributed by atoms with Gasteiger partial charge in [-0.3, -0.25) is 4.90 Å². The van der Waals surface area contributed by atoms with E-state index in [1.54, 1.807) is 0 Å². The highest BCUT2D eigenvalue weighted by Gasteiger charge is 2.31. The molecular weight excluding hydrogens is 236 g/mol. The molecule has 0 aromatic rings. The molecule has 0 aromatic heterocycles. The first-order valence-electron chi connectivity index (χ1n) is 7.52. The highest BCUT2D eigenvalue weighted by molar-refractivity contribution is 5.24. The molecule has 2 fully saturated rings. The molecule has 3 nitrogen and oxygen atoms in total. The molecule has 19 heavy (non-hydrogen) atoms. The zero-order valence-corrected chi connectivity index (χ0v) is 11.6. The second-order valence-electron chi connectivity index (χ2n) is 5.79. The highest BCUT2D eigenvalue weighted by Crippen LogP contribution is 2.40. The third kappa shape index (κ3) is 3.48. The van der Waals surface area contributed by atoms with E-state index in [0.29, 0.717) is 0 Å². The molecule has 0 bridgehead atoms. The molecule has 1 N–H and O–H groups in total. The Balaban J connectivity index is 1.37. The summed E-state index contributed by atoms with van der Waals surface area (Å²) in [6.45, 7) is 5.34. The Morgan fingerprint density at radius 2 is 2.00 bits per heavy atom. The third-order valence-corrected chi connectivity index (χ3v) is 4.48. The minimum Gasteiger partial charge on any atom is -0.379 e. The summed E-state index contributed by atoms with van der Waals surface area (Å²) in [5.41, 5.74) is 1.40. The number of allylic oxidation sites excluding steroid dienone is 5. The summed E-state index contributed by atoms with van der Waals surface area (Å²) in [5, 5.41) is 3.40. The minimum absolute atomic E-state index is 0.752. The standard InChI is InChI=1S/C16H24N2O/c1-2-4-16(17-6-3-1)15-12-14(13-15)5-7-18-8-10-19-11-9-18/h1-4,6,14-15,17H,5,7-13H2. The predicted octanol–water partition coefficient (Wildman–Crippen LogP) is 2.29. The van der Waals surface area contributed by atoms with Crippen LogP contribution in [0.25, 0.3) is 0 Å². The van der Waals surface area contributed by atoms with Crippen molar-refractivity contribution in [1.29, 1.82) is 0 Å². The van der Waals surface area contributed by atoms with E-state index in [2.05, 4.69) is 34.5 Å². The first kappa shape index (κ1) is 12.9. The van der Waals surface area contributed by atoms with E-state index in [1.807, 2.05) is 6.20 Å². The number of hydrogen-bond acceptors (Lipinski definition) is 3. The molecule has 1 saturated carbocycles. The SMILES string of the molecule is C1=CC=C(C2CC(CCN3CCOCC3)C2)NC=C1. The fourth-order valence-corrected chi connectivity index (χ4v) is 3.14. The average molecular weight is 260 g/mol. The van der Waals surface area contributed by atoms with Crippen LogP contribution in [-0.2, 0) is 4.74 Å². The molecule has 1 aliphatic carbocycles. The van der Waals surface area contributed by atoms with Crippen LogP contribution >= 0.6 is 0 Å². The van der Waals surface area contributed by atoms with Crippen molar-refractivity contribution < 1.29 is 4.74 Å². The van der Waals surface area contributed by atoms with Crippen LogP contribution in [0.3, 0.4) is 0 Å². The molecule has 1 saturated heterocycles. The van der Waals surface area contributed by atoms with Crippen LogP contribution in [0.1, 0.15) is 19.3 Å². The Bertz CT molecular complexity index is 374. The van der Waals surface area contributed by atoms with Gasteiger partial charge in [0.25, 0.3) is 0 Å². The van der Waals surface area contributed by atoms with Crippen LogP contribution in [0, 0.1) is 11.8 Å². The molecular formula is C16H24N2O. The number of morpholine rings is 1. The number of ether oxygens (including phenoxy) is 1. The second kappa shape index (κ2) is 6.40. The van der Waals surface area contributed by atoms with Crippen LogP contribution < -0.4 is 5.32 Å². The van der Waals surface area contributed by atoms with Crippen molar-refractivity contribution >= 4 is 0 Å². The molecule has 0 aromatic carbocycles. The summed E-state index contributed by atoms with van der Waals surface area (Å²) in [6.07, 6.45) is 14.6. The molecule has 0 spiro atoms. The predicted molar refractivity (Wildman–Crippen MR) is 77.6 cm³/mol. The van der Waals surface area contributed by atoms with Crippen LogP contribution in [0.5, 0.6) is 0 Å². The normalized spacial score (nSPS) is 31.3. The van der Waals surface area contributed by atoms with Crippen molar-refractivity contribution in [2.24, 2.45) is 11.8 Å². The van der Waals surface area contributed by atoms with Crippen molar-refractivity contribution in [1.82, 2.24) is 10.2 Å². The Labute approximate surface area is 116 Å². The minimum atomic E-state index is 0.752. The van der Waals surface area contributed by atoms with Crippen LogP contribution in [-0.4, -0.2) is 37.7 Å². The van der Waals surface area contributed by atoms with Gasteiger partial charge in [-0.05, 0) is 49.8 Å². The lowest BCUT2D eigenvalue weighted by atomic mass is 9.71. The van der Waals surface area contributed by atoms with Crippen molar-refractivity contribution in [3.8, 4) is 0 Å². The number of nitrogens with one attached hydrogen (secondary N) is 1. The highest BCUT2D eigenvalue weighted by atomic mass is 16.5. The zero-order chi connectivity index (χ0) is 12.9. The van der Waals surface area contributed by atoms with Crippen molar-refractivity contribution in [2.45, 2.75) is 19.3 Å². The van der Waals surface area contributed by atoms with Crippen LogP contribution in [0.2, 0.25) is 0 Å². The summed E-state index contributed by atoms with van der Waals surface area (Å²) in [6, 6.07) is 0. The summed E-state index contributed by atoms with van der Waals surface area (Å²) in [4.78, 5) is 2.55. The lowest BCUT2D eigenvalue weighted by Gasteiger charge is -2.38. The number of nitrogens with zero attached hydrogens (tertiary/aromatic N) is 1. The van der Waals surface area contributed by atoms with E-state index in [-0.39, 0.29) is 0 Å². The monoisotopic (exact) mass is 260 g/mol. The van der Waals surface area contributed by atoms with Crippen LogP contribution in [0.4, 0.5) is 0 Å². The molecule has 0 amide bonds. The van der Waals surface area contributed by atoms with Gasteiger partial charge < -0.3 is 10.1 Å². The van der Waals surface area contributed by atoms with Gasteiger partial charge in [0, 0.05) is 25.0 Å². The quantitative estimate of drug-likeness (QED) is 0.839. The van der Waals surface area contributed by atoms with Crippen molar-refractivity contribution in [2.75, 3.05) is 32.8 Å². The van der Waals surface area contributed by atoms with E-state index in [4.69, 9.17) is 4.74 Å². The average Bonchev–Trinajstić information content (AvgIpc) is 2.67. The van der Waals surface area contributed by atoms with Gasteiger partial charge in [0.2, 0.25) is 0 Å². The summed E-state index contributed by atoms with van der Waals surface area (Å²) < 4.78 is 5.38. The smallest absolute Gasteiger partial charge is 0.0594 e. The molecule has 0 atom stereocenters. The van der Waals surface area contributed by atoms with E-state index in [1.165, 1.54) is 31.5 Å². The fraction of sp³-hybridized carbons (Fsp3) is 0.625. The van der Waals surface area contributed by atoms with E-state index >= 15 is 0 Å². The maximum atomic E-state index is 5.38. The molecule has 3 rings (SSSR count). The molecule has 0 radical (unpaired) electrons. The van der Waals surface area contributed by atoms with Crippen molar-refractivity contribution in [3.05, 3.63) is 36.2 Å². The first-order valence-corrected chi connectivity index (χ1v) is 7.52. The van der Waals surface area contributed by atoms with Gasteiger partial charge in [0.05, 0.1) is 13.2 Å². The van der Waals surface area contributed by atoms with Gasteiger partial charge in [-0.1, -0.05) is 12.2 Å². The molecule has 2 aliphatic heterocycles. The van der Waals surface area contributed by atoms with Gasteiger partial charge >= 0.3 is 0 Å². The summed E-state index contributed by atoms with van der Waals surface area (Å²) in [5.74, 6) is 1.67. The number of hydrogen-bond donors (Lipinski definition) is 1. The van der Waals surface area contributed by atoms with Gasteiger partial charge in [-0.25, -0.2) is 0 Å². The van der Waals surface area contributed by atoms with E-state index in [0.717, 1.165) is 38.1 Å². The van der Waals surface area contributed by atoms with Crippen molar-refractivity contribution in [3.63, 3.8) is 0 Å². The Morgan fingerprint density at radius 3 is 2.84 bits per heavy atom. The maximum Gasteiger partial charge on any atom is 0.0594 e. The summed E-state index contributed by atoms with van der Waals surface area (Å²) >= 11 is 0. The van der Waals surface area contributed by atoms with E-state index < -0.39 is 0 Å². The van der Waals surface area contributed by atoms with Gasteiger partial charge in [0.15, 0.2) is 0 Å².